The maximum absolute atomic E-state index is 4.38. The summed E-state index contributed by atoms with van der Waals surface area (Å²) in [5.41, 5.74) is 2.31. The van der Waals surface area contributed by atoms with Crippen LogP contribution in [-0.2, 0) is 0 Å². The van der Waals surface area contributed by atoms with Crippen molar-refractivity contribution in [3.05, 3.63) is 17.3 Å². The second kappa shape index (κ2) is 5.65. The summed E-state index contributed by atoms with van der Waals surface area (Å²) in [6.45, 7) is 8.85. The van der Waals surface area contributed by atoms with Gasteiger partial charge in [0.2, 0.25) is 0 Å². The molecule has 0 aliphatic heterocycles. The Morgan fingerprint density at radius 2 is 2.11 bits per heavy atom. The summed E-state index contributed by atoms with van der Waals surface area (Å²) in [5, 5.41) is 5.67. The van der Waals surface area contributed by atoms with Crippen LogP contribution in [0.5, 0.6) is 0 Å². The number of nitrogens with zero attached hydrogens (tertiary/aromatic N) is 2. The van der Waals surface area contributed by atoms with Crippen LogP contribution in [0.2, 0.25) is 0 Å². The lowest BCUT2D eigenvalue weighted by molar-refractivity contribution is 0.483. The monoisotopic (exact) mass is 263 g/mol. The van der Waals surface area contributed by atoms with Gasteiger partial charge in [-0.05, 0) is 37.1 Å². The zero-order valence-corrected chi connectivity index (χ0v) is 12.3. The smallest absolute Gasteiger partial charge is 0.147 e. The van der Waals surface area contributed by atoms with E-state index in [9.17, 15) is 0 Å². The Morgan fingerprint density at radius 3 is 2.83 bits per heavy atom. The van der Waals surface area contributed by atoms with E-state index in [4.69, 9.17) is 0 Å². The number of aryl methyl sites for hydroxylation is 1. The molecule has 0 aromatic carbocycles. The van der Waals surface area contributed by atoms with Crippen molar-refractivity contribution in [3.63, 3.8) is 0 Å². The summed E-state index contributed by atoms with van der Waals surface area (Å²) >= 11 is 1.72. The third kappa shape index (κ3) is 2.80. The molecule has 4 heteroatoms. The van der Waals surface area contributed by atoms with Crippen LogP contribution >= 0.6 is 11.3 Å². The van der Waals surface area contributed by atoms with Gasteiger partial charge in [0.05, 0.1) is 10.2 Å². The standard InChI is InChI=1S/C14H21N3S/c1-5-9(2)6-11(4)17-14-13-12(15-8-16-14)10(3)7-18-13/h7-9,11H,5-6H2,1-4H3,(H,15,16,17). The second-order valence-corrected chi connectivity index (χ2v) is 5.99. The summed E-state index contributed by atoms with van der Waals surface area (Å²) in [6.07, 6.45) is 4.05. The third-order valence-corrected chi connectivity index (χ3v) is 4.46. The van der Waals surface area contributed by atoms with Crippen LogP contribution in [0.3, 0.4) is 0 Å². The van der Waals surface area contributed by atoms with Gasteiger partial charge >= 0.3 is 0 Å². The lowest BCUT2D eigenvalue weighted by Crippen LogP contribution is -2.19. The SMILES string of the molecule is CCC(C)CC(C)Nc1ncnc2c(C)csc12. The van der Waals surface area contributed by atoms with Crippen molar-refractivity contribution in [2.24, 2.45) is 5.92 Å². The maximum atomic E-state index is 4.38. The molecule has 0 aliphatic carbocycles. The number of anilines is 1. The molecule has 2 unspecified atom stereocenters. The third-order valence-electron chi connectivity index (χ3n) is 3.37. The van der Waals surface area contributed by atoms with Gasteiger partial charge in [0.25, 0.3) is 0 Å². The van der Waals surface area contributed by atoms with Crippen molar-refractivity contribution >= 4 is 27.4 Å². The molecular weight excluding hydrogens is 242 g/mol. The summed E-state index contributed by atoms with van der Waals surface area (Å²) in [6, 6.07) is 0.445. The van der Waals surface area contributed by atoms with Gasteiger partial charge in [-0.15, -0.1) is 11.3 Å². The zero-order chi connectivity index (χ0) is 13.1. The maximum Gasteiger partial charge on any atom is 0.147 e. The molecule has 2 heterocycles. The second-order valence-electron chi connectivity index (χ2n) is 5.11. The molecule has 2 aromatic heterocycles. The molecule has 0 radical (unpaired) electrons. The average molecular weight is 263 g/mol. The lowest BCUT2D eigenvalue weighted by atomic mass is 10.0. The van der Waals surface area contributed by atoms with Crippen LogP contribution in [0.4, 0.5) is 5.82 Å². The molecule has 0 bridgehead atoms. The van der Waals surface area contributed by atoms with Crippen molar-refractivity contribution in [1.29, 1.82) is 0 Å². The van der Waals surface area contributed by atoms with E-state index in [2.05, 4.69) is 48.4 Å². The number of hydrogen-bond acceptors (Lipinski definition) is 4. The Morgan fingerprint density at radius 1 is 1.33 bits per heavy atom. The average Bonchev–Trinajstić information content (AvgIpc) is 2.72. The Bertz CT molecular complexity index is 521. The highest BCUT2D eigenvalue weighted by molar-refractivity contribution is 7.18. The lowest BCUT2D eigenvalue weighted by Gasteiger charge is -2.18. The number of thiophene rings is 1. The minimum absolute atomic E-state index is 0.445. The fourth-order valence-electron chi connectivity index (χ4n) is 2.13. The van der Waals surface area contributed by atoms with E-state index in [0.29, 0.717) is 6.04 Å². The van der Waals surface area contributed by atoms with Crippen molar-refractivity contribution in [3.8, 4) is 0 Å². The highest BCUT2D eigenvalue weighted by Crippen LogP contribution is 2.29. The molecule has 3 nitrogen and oxygen atoms in total. The van der Waals surface area contributed by atoms with E-state index in [1.54, 1.807) is 17.7 Å². The number of aromatic nitrogens is 2. The quantitative estimate of drug-likeness (QED) is 0.877. The van der Waals surface area contributed by atoms with Crippen LogP contribution in [0.1, 0.15) is 39.2 Å². The minimum Gasteiger partial charge on any atom is -0.366 e. The van der Waals surface area contributed by atoms with Crippen molar-refractivity contribution < 1.29 is 0 Å². The molecule has 2 aromatic rings. The molecule has 18 heavy (non-hydrogen) atoms. The summed E-state index contributed by atoms with van der Waals surface area (Å²) in [4.78, 5) is 8.73. The molecule has 0 saturated heterocycles. The fourth-order valence-corrected chi connectivity index (χ4v) is 3.09. The van der Waals surface area contributed by atoms with Gasteiger partial charge in [0.15, 0.2) is 0 Å². The number of rotatable bonds is 5. The highest BCUT2D eigenvalue weighted by atomic mass is 32.1. The molecule has 0 saturated carbocycles. The molecule has 0 fully saturated rings. The van der Waals surface area contributed by atoms with Gasteiger partial charge in [0, 0.05) is 6.04 Å². The normalized spacial score (nSPS) is 14.7. The Balaban J connectivity index is 2.16. The van der Waals surface area contributed by atoms with E-state index in [1.165, 1.54) is 23.1 Å². The Labute approximate surface area is 113 Å². The van der Waals surface area contributed by atoms with Gasteiger partial charge < -0.3 is 5.32 Å². The first-order valence-corrected chi connectivity index (χ1v) is 7.45. The predicted molar refractivity (Wildman–Crippen MR) is 79.3 cm³/mol. The summed E-state index contributed by atoms with van der Waals surface area (Å²) in [5.74, 6) is 1.73. The van der Waals surface area contributed by atoms with Crippen molar-refractivity contribution in [1.82, 2.24) is 9.97 Å². The van der Waals surface area contributed by atoms with Gasteiger partial charge in [-0.3, -0.25) is 0 Å². The van der Waals surface area contributed by atoms with Crippen LogP contribution in [-0.4, -0.2) is 16.0 Å². The molecule has 2 atom stereocenters. The molecule has 0 spiro atoms. The molecule has 98 valence electrons. The largest absolute Gasteiger partial charge is 0.366 e. The zero-order valence-electron chi connectivity index (χ0n) is 11.5. The van der Waals surface area contributed by atoms with Gasteiger partial charge in [-0.25, -0.2) is 9.97 Å². The molecule has 0 aliphatic rings. The minimum atomic E-state index is 0.445. The van der Waals surface area contributed by atoms with Gasteiger partial charge in [0.1, 0.15) is 12.1 Å². The summed E-state index contributed by atoms with van der Waals surface area (Å²) in [7, 11) is 0. The van der Waals surface area contributed by atoms with E-state index in [0.717, 1.165) is 17.3 Å². The number of fused-ring (bicyclic) bond motifs is 1. The molecule has 0 amide bonds. The van der Waals surface area contributed by atoms with Crippen molar-refractivity contribution in [2.75, 3.05) is 5.32 Å². The first-order valence-electron chi connectivity index (χ1n) is 6.57. The Hall–Kier alpha value is -1.16. The van der Waals surface area contributed by atoms with E-state index >= 15 is 0 Å². The molecule has 1 N–H and O–H groups in total. The topological polar surface area (TPSA) is 37.8 Å². The highest BCUT2D eigenvalue weighted by Gasteiger charge is 2.12. The van der Waals surface area contributed by atoms with Crippen LogP contribution in [0.25, 0.3) is 10.2 Å². The first-order chi connectivity index (χ1) is 8.61. The first kappa shape index (κ1) is 13.3. The van der Waals surface area contributed by atoms with Crippen LogP contribution in [0, 0.1) is 12.8 Å². The van der Waals surface area contributed by atoms with Gasteiger partial charge in [-0.2, -0.15) is 0 Å². The summed E-state index contributed by atoms with van der Waals surface area (Å²) < 4.78 is 1.17. The van der Waals surface area contributed by atoms with Crippen molar-refractivity contribution in [2.45, 2.75) is 46.6 Å². The Kier molecular flexibility index (Phi) is 4.17. The molecular formula is C14H21N3S. The van der Waals surface area contributed by atoms with E-state index < -0.39 is 0 Å². The number of hydrogen-bond donors (Lipinski definition) is 1. The number of nitrogens with one attached hydrogen (secondary N) is 1. The molecule has 2 rings (SSSR count). The van der Waals surface area contributed by atoms with E-state index in [1.807, 2.05) is 0 Å². The van der Waals surface area contributed by atoms with Crippen LogP contribution < -0.4 is 5.32 Å². The fraction of sp³-hybridized carbons (Fsp3) is 0.571. The predicted octanol–water partition coefficient (Wildman–Crippen LogP) is 4.24. The van der Waals surface area contributed by atoms with E-state index in [-0.39, 0.29) is 0 Å². The van der Waals surface area contributed by atoms with Gasteiger partial charge in [-0.1, -0.05) is 20.3 Å². The van der Waals surface area contributed by atoms with Crippen LogP contribution in [0.15, 0.2) is 11.7 Å².